The van der Waals surface area contributed by atoms with Gasteiger partial charge in [-0.15, -0.1) is 0 Å². The molecule has 0 aromatic heterocycles. The highest BCUT2D eigenvalue weighted by molar-refractivity contribution is 7.80. The maximum Gasteiger partial charge on any atom is 0.327 e. The summed E-state index contributed by atoms with van der Waals surface area (Å²) in [5.74, 6) is -5.77. The van der Waals surface area contributed by atoms with Gasteiger partial charge in [0, 0.05) is 23.0 Å². The zero-order valence-corrected chi connectivity index (χ0v) is 24.9. The van der Waals surface area contributed by atoms with E-state index in [2.05, 4.69) is 87.7 Å². The summed E-state index contributed by atoms with van der Waals surface area (Å²) in [5, 5.41) is 26.1. The third kappa shape index (κ3) is 12.4. The van der Waals surface area contributed by atoms with Gasteiger partial charge in [0.25, 0.3) is 0 Å². The van der Waals surface area contributed by atoms with Crippen molar-refractivity contribution in [2.24, 2.45) is 0 Å². The van der Waals surface area contributed by atoms with E-state index in [4.69, 9.17) is 5.11 Å². The Morgan fingerprint density at radius 1 is 0.675 bits per heavy atom. The van der Waals surface area contributed by atoms with Gasteiger partial charge in [-0.3, -0.25) is 28.8 Å². The Kier molecular flexibility index (Phi) is 16.9. The van der Waals surface area contributed by atoms with Crippen molar-refractivity contribution in [3.8, 4) is 0 Å². The molecule has 40 heavy (non-hydrogen) atoms. The summed E-state index contributed by atoms with van der Waals surface area (Å²) in [5.41, 5.74) is 0. The lowest BCUT2D eigenvalue weighted by molar-refractivity contribution is -0.141. The second kappa shape index (κ2) is 18.9. The zero-order valence-electron chi connectivity index (χ0n) is 21.3. The van der Waals surface area contributed by atoms with Crippen molar-refractivity contribution >= 4 is 91.9 Å². The maximum atomic E-state index is 12.6. The van der Waals surface area contributed by atoms with Crippen molar-refractivity contribution in [3.63, 3.8) is 0 Å². The van der Waals surface area contributed by atoms with Gasteiger partial charge in [-0.25, -0.2) is 4.79 Å². The second-order valence-corrected chi connectivity index (χ2v) is 9.98. The summed E-state index contributed by atoms with van der Waals surface area (Å²) >= 11 is 16.0. The van der Waals surface area contributed by atoms with Crippen LogP contribution in [0.3, 0.4) is 0 Å². The van der Waals surface area contributed by atoms with Gasteiger partial charge >= 0.3 is 5.97 Å². The number of aliphatic carboxylic acids is 1. The second-order valence-electron chi connectivity index (χ2n) is 8.52. The van der Waals surface area contributed by atoms with Crippen molar-refractivity contribution in [2.45, 2.75) is 43.1 Å². The average Bonchev–Trinajstić information content (AvgIpc) is 3.48. The number of nitrogens with one attached hydrogen (secondary N) is 7. The van der Waals surface area contributed by atoms with E-state index in [1.54, 1.807) is 0 Å². The van der Waals surface area contributed by atoms with Gasteiger partial charge in [0.05, 0.1) is 19.1 Å². The Morgan fingerprint density at radius 2 is 1.12 bits per heavy atom. The van der Waals surface area contributed by atoms with E-state index in [9.17, 15) is 33.6 Å². The lowest BCUT2D eigenvalue weighted by atomic mass is 10.2. The highest BCUT2D eigenvalue weighted by Crippen LogP contribution is 2.05. The van der Waals surface area contributed by atoms with Gasteiger partial charge in [0.2, 0.25) is 35.4 Å². The van der Waals surface area contributed by atoms with Crippen LogP contribution in [0.1, 0.15) is 12.8 Å². The molecule has 1 aliphatic heterocycles. The fourth-order valence-corrected chi connectivity index (χ4v) is 4.31. The van der Waals surface area contributed by atoms with Crippen LogP contribution in [0.5, 0.6) is 0 Å². The molecule has 0 bridgehead atoms. The normalized spacial score (nSPS) is 17.4. The van der Waals surface area contributed by atoms with E-state index in [-0.39, 0.29) is 28.9 Å². The molecular weight excluding hydrogens is 607 g/mol. The first-order chi connectivity index (χ1) is 19.0. The van der Waals surface area contributed by atoms with Crippen molar-refractivity contribution < 1.29 is 38.7 Å². The molecule has 0 radical (unpaired) electrons. The summed E-state index contributed by atoms with van der Waals surface area (Å²) < 4.78 is 0. The third-order valence-corrected chi connectivity index (χ3v) is 6.97. The highest BCUT2D eigenvalue weighted by atomic mass is 32.1. The van der Waals surface area contributed by atoms with E-state index in [1.165, 1.54) is 0 Å². The molecule has 19 heteroatoms. The fourth-order valence-electron chi connectivity index (χ4n) is 3.29. The summed E-state index contributed by atoms with van der Waals surface area (Å²) in [4.78, 5) is 84.8. The number of carboxylic acid groups (broad SMARTS) is 1. The molecule has 0 aromatic carbocycles. The molecule has 0 spiro atoms. The predicted octanol–water partition coefficient (Wildman–Crippen LogP) is -4.29. The van der Waals surface area contributed by atoms with Crippen LogP contribution in [0.2, 0.25) is 0 Å². The fraction of sp³-hybridized carbons (Fsp3) is 0.667. The number of hydrogen-bond donors (Lipinski definition) is 12. The molecule has 0 saturated carbocycles. The van der Waals surface area contributed by atoms with Crippen molar-refractivity contribution in [3.05, 3.63) is 0 Å². The van der Waals surface area contributed by atoms with Crippen molar-refractivity contribution in [1.82, 2.24) is 37.2 Å². The van der Waals surface area contributed by atoms with E-state index in [0.29, 0.717) is 13.0 Å². The van der Waals surface area contributed by atoms with Crippen LogP contribution in [0.4, 0.5) is 0 Å². The molecule has 8 N–H and O–H groups in total. The molecule has 0 aliphatic carbocycles. The first-order valence-electron chi connectivity index (χ1n) is 12.1. The molecule has 226 valence electrons. The van der Waals surface area contributed by atoms with Gasteiger partial charge < -0.3 is 42.3 Å². The average molecular weight is 642 g/mol. The number of hydrogen-bond acceptors (Lipinski definition) is 12. The molecule has 15 nitrogen and oxygen atoms in total. The lowest BCUT2D eigenvalue weighted by Gasteiger charge is -2.22. The van der Waals surface area contributed by atoms with Crippen LogP contribution in [0.25, 0.3) is 0 Å². The summed E-state index contributed by atoms with van der Waals surface area (Å²) in [6, 6.07) is -4.95. The number of carbonyl (C=O) groups excluding carboxylic acids is 6. The van der Waals surface area contributed by atoms with Gasteiger partial charge in [0.1, 0.15) is 24.2 Å². The molecule has 1 fully saturated rings. The predicted molar refractivity (Wildman–Crippen MR) is 158 cm³/mol. The molecule has 5 atom stereocenters. The minimum atomic E-state index is -1.29. The van der Waals surface area contributed by atoms with Crippen LogP contribution in [0, 0.1) is 0 Å². The number of thiol groups is 4. The number of carbonyl (C=O) groups is 7. The molecule has 1 heterocycles. The molecule has 1 rings (SSSR count). The molecule has 0 unspecified atom stereocenters. The van der Waals surface area contributed by atoms with Gasteiger partial charge in [-0.1, -0.05) is 0 Å². The largest absolute Gasteiger partial charge is 0.480 e. The molecule has 1 aliphatic rings. The summed E-state index contributed by atoms with van der Waals surface area (Å²) in [6.45, 7) is -0.408. The van der Waals surface area contributed by atoms with Crippen LogP contribution < -0.4 is 37.2 Å². The number of carboxylic acids is 1. The molecule has 6 amide bonds. The van der Waals surface area contributed by atoms with Gasteiger partial charge in [-0.2, -0.15) is 50.5 Å². The molecule has 1 saturated heterocycles. The van der Waals surface area contributed by atoms with Crippen molar-refractivity contribution in [2.75, 3.05) is 42.6 Å². The number of amides is 6. The Bertz CT molecular complexity index is 939. The first kappa shape index (κ1) is 35.7. The maximum absolute atomic E-state index is 12.6. The smallest absolute Gasteiger partial charge is 0.327 e. The standard InChI is InChI=1S/C21H35N7O8S4/c29-15(25-11(6-37)17(31)23-5-16(30)26-14(9-40)21(35)36)4-24-18(32)12(7-38)27-20(34)13(8-39)28-19(33)10-2-1-3-22-10/h10-14,22,37-40H,1-9H2,(H,23,31)(H,24,32)(H,25,29)(H,26,30)(H,27,34)(H,28,33)(H,35,36)/t10-,11-,12-,13-,14-/m0/s1. The van der Waals surface area contributed by atoms with Crippen molar-refractivity contribution in [1.29, 1.82) is 0 Å². The van der Waals surface area contributed by atoms with Crippen LogP contribution in [-0.2, 0) is 33.6 Å². The Balaban J connectivity index is 2.52. The monoisotopic (exact) mass is 641 g/mol. The van der Waals surface area contributed by atoms with E-state index < -0.39 is 78.8 Å². The Morgan fingerprint density at radius 3 is 1.55 bits per heavy atom. The van der Waals surface area contributed by atoms with E-state index in [1.807, 2.05) is 0 Å². The van der Waals surface area contributed by atoms with Crippen LogP contribution in [0.15, 0.2) is 0 Å². The highest BCUT2D eigenvalue weighted by Gasteiger charge is 2.29. The van der Waals surface area contributed by atoms with E-state index in [0.717, 1.165) is 6.42 Å². The topological polar surface area (TPSA) is 224 Å². The minimum Gasteiger partial charge on any atom is -0.480 e. The number of rotatable bonds is 17. The van der Waals surface area contributed by atoms with Gasteiger partial charge in [-0.05, 0) is 19.4 Å². The third-order valence-electron chi connectivity index (χ3n) is 5.50. The summed E-state index contributed by atoms with van der Waals surface area (Å²) in [6.07, 6.45) is 1.48. The first-order valence-corrected chi connectivity index (χ1v) is 14.6. The minimum absolute atomic E-state index is 0.0161. The molecular formula is C21H35N7O8S4. The quantitative estimate of drug-likeness (QED) is 0.0690. The zero-order chi connectivity index (χ0) is 30.2. The Hall–Kier alpha value is -2.35. The van der Waals surface area contributed by atoms with Gasteiger partial charge in [0.15, 0.2) is 0 Å². The Labute approximate surface area is 252 Å². The molecule has 0 aromatic rings. The van der Waals surface area contributed by atoms with Crippen LogP contribution >= 0.6 is 50.5 Å². The van der Waals surface area contributed by atoms with Crippen LogP contribution in [-0.4, -0.2) is 119 Å². The lowest BCUT2D eigenvalue weighted by Crippen LogP contribution is -2.57. The van der Waals surface area contributed by atoms with E-state index >= 15 is 0 Å². The summed E-state index contributed by atoms with van der Waals surface area (Å²) in [7, 11) is 0. The SMILES string of the molecule is O=C(CNC(=O)[C@H](CS)NC(=O)CNC(=O)[C@H](CS)NC(=O)[C@H](CS)NC(=O)[C@@H]1CCCN1)N[C@@H](CS)C(=O)O.